The minimum Gasteiger partial charge on any atom is -0.463 e. The first-order chi connectivity index (χ1) is 21.7. The van der Waals surface area contributed by atoms with E-state index in [1.165, 1.54) is 13.2 Å². The molecule has 5 rings (SSSR count). The minimum absolute atomic E-state index is 0.00268. The monoisotopic (exact) mass is 711 g/mol. The van der Waals surface area contributed by atoms with E-state index in [1.54, 1.807) is 42.3 Å². The molecule has 1 aliphatic heterocycles. The second-order valence-corrected chi connectivity index (χ2v) is 13.4. The average molecular weight is 713 g/mol. The van der Waals surface area contributed by atoms with E-state index in [2.05, 4.69) is 26.2 Å². The topological polar surface area (TPSA) is 138 Å². The summed E-state index contributed by atoms with van der Waals surface area (Å²) in [5.74, 6) is -1.43. The van der Waals surface area contributed by atoms with Gasteiger partial charge < -0.3 is 28.0 Å². The number of carbonyl (C=O) groups is 1. The Balaban J connectivity index is 1.61. The number of carbonyl (C=O) groups excluding carboxylic acids is 1. The number of hydrogen-bond acceptors (Lipinski definition) is 11. The van der Waals surface area contributed by atoms with Crippen LogP contribution in [0, 0.1) is 5.82 Å². The van der Waals surface area contributed by atoms with E-state index in [4.69, 9.17) is 33.1 Å². The van der Waals surface area contributed by atoms with E-state index in [1.807, 2.05) is 12.1 Å². The van der Waals surface area contributed by atoms with Gasteiger partial charge in [0.25, 0.3) is 5.34 Å². The predicted octanol–water partition coefficient (Wildman–Crippen LogP) is 6.06. The zero-order chi connectivity index (χ0) is 32.2. The van der Waals surface area contributed by atoms with Gasteiger partial charge in [0.1, 0.15) is 5.52 Å². The van der Waals surface area contributed by atoms with Crippen LogP contribution >= 0.6 is 23.5 Å². The number of aromatic nitrogens is 5. The van der Waals surface area contributed by atoms with Crippen molar-refractivity contribution in [2.24, 2.45) is 0 Å². The van der Waals surface area contributed by atoms with Crippen molar-refractivity contribution < 1.29 is 41.7 Å². The summed E-state index contributed by atoms with van der Waals surface area (Å²) in [6.45, 7) is 4.73. The fraction of sp³-hybridized carbons (Fsp3) is 0.517. The molecular formula is C29H36BrFN5O8P. The van der Waals surface area contributed by atoms with Crippen molar-refractivity contribution in [2.45, 2.75) is 58.2 Å². The predicted molar refractivity (Wildman–Crippen MR) is 166 cm³/mol. The summed E-state index contributed by atoms with van der Waals surface area (Å²) in [6, 6.07) is 8.55. The van der Waals surface area contributed by atoms with E-state index in [0.29, 0.717) is 38.9 Å². The maximum Gasteiger partial charge on any atom is 0.376 e. The van der Waals surface area contributed by atoms with Gasteiger partial charge in [-0.1, -0.05) is 21.1 Å². The van der Waals surface area contributed by atoms with E-state index in [-0.39, 0.29) is 38.2 Å². The molecule has 0 spiro atoms. The van der Waals surface area contributed by atoms with Crippen molar-refractivity contribution in [2.75, 3.05) is 40.1 Å². The summed E-state index contributed by atoms with van der Waals surface area (Å²) >= 11 is 3.35. The Morgan fingerprint density at radius 2 is 1.91 bits per heavy atom. The molecule has 1 fully saturated rings. The van der Waals surface area contributed by atoms with Gasteiger partial charge in [-0.2, -0.15) is 5.10 Å². The highest BCUT2D eigenvalue weighted by molar-refractivity contribution is 9.10. The average Bonchev–Trinajstić information content (AvgIpc) is 3.61. The van der Waals surface area contributed by atoms with Crippen LogP contribution in [0.5, 0.6) is 0 Å². The van der Waals surface area contributed by atoms with Gasteiger partial charge in [0.05, 0.1) is 55.4 Å². The Morgan fingerprint density at radius 3 is 2.58 bits per heavy atom. The molecule has 0 saturated carbocycles. The lowest BCUT2D eigenvalue weighted by molar-refractivity contribution is -0.170. The highest BCUT2D eigenvalue weighted by Gasteiger charge is 2.60. The highest BCUT2D eigenvalue weighted by Crippen LogP contribution is 2.61. The van der Waals surface area contributed by atoms with Crippen LogP contribution in [0.1, 0.15) is 52.0 Å². The molecule has 244 valence electrons. The zero-order valence-electron chi connectivity index (χ0n) is 25.5. The van der Waals surface area contributed by atoms with Crippen LogP contribution in [-0.4, -0.2) is 76.2 Å². The molecule has 2 aromatic carbocycles. The Hall–Kier alpha value is -2.78. The van der Waals surface area contributed by atoms with Gasteiger partial charge in [0.2, 0.25) is 0 Å². The first-order valence-corrected chi connectivity index (χ1v) is 17.1. The van der Waals surface area contributed by atoms with E-state index in [9.17, 15) is 13.8 Å². The highest BCUT2D eigenvalue weighted by atomic mass is 79.9. The SMILES string of the molecule is CCOC(=O)C(COC)(OCc1nn(C2CCCCO2)c2cc(-n3nnc4c(F)cc(Br)cc43)ccc12)P(=O)(OCC)OCC. The molecule has 1 aliphatic rings. The number of methoxy groups -OCH3 is 1. The van der Waals surface area contributed by atoms with Gasteiger partial charge >= 0.3 is 13.6 Å². The standard InChI is InChI=1S/C29H36BrFN5O8P/c1-5-40-28(37)29(18-39-4,45(38,43-6-2)44-7-3)42-17-23-21-12-11-20(16-24(21)36(33-23)26-10-8-9-13-41-26)35-25-15-19(30)14-22(31)27(25)32-34-35/h11-12,14-16,26H,5-10,13,17-18H2,1-4H3. The van der Waals surface area contributed by atoms with E-state index in [0.717, 1.165) is 19.3 Å². The van der Waals surface area contributed by atoms with Crippen LogP contribution in [0.15, 0.2) is 34.8 Å². The molecular weight excluding hydrogens is 676 g/mol. The fourth-order valence-electron chi connectivity index (χ4n) is 5.35. The van der Waals surface area contributed by atoms with Crippen LogP contribution < -0.4 is 0 Å². The number of esters is 1. The van der Waals surface area contributed by atoms with Gasteiger partial charge in [-0.15, -0.1) is 5.10 Å². The molecule has 45 heavy (non-hydrogen) atoms. The zero-order valence-corrected chi connectivity index (χ0v) is 28.0. The molecule has 0 N–H and O–H groups in total. The van der Waals surface area contributed by atoms with Crippen LogP contribution in [0.3, 0.4) is 0 Å². The smallest absolute Gasteiger partial charge is 0.376 e. The van der Waals surface area contributed by atoms with Crippen molar-refractivity contribution in [3.63, 3.8) is 0 Å². The van der Waals surface area contributed by atoms with Crippen LogP contribution in [0.25, 0.3) is 27.6 Å². The minimum atomic E-state index is -4.29. The summed E-state index contributed by atoms with van der Waals surface area (Å²) in [4.78, 5) is 13.5. The number of ether oxygens (including phenoxy) is 4. The molecule has 0 aliphatic carbocycles. The largest absolute Gasteiger partial charge is 0.463 e. The Bertz CT molecular complexity index is 1700. The van der Waals surface area contributed by atoms with Gasteiger partial charge in [-0.25, -0.2) is 18.5 Å². The summed E-state index contributed by atoms with van der Waals surface area (Å²) in [6.07, 6.45) is 2.25. The molecule has 2 unspecified atom stereocenters. The van der Waals surface area contributed by atoms with Gasteiger partial charge in [0.15, 0.2) is 12.0 Å². The lowest BCUT2D eigenvalue weighted by Gasteiger charge is -2.35. The molecule has 0 radical (unpaired) electrons. The molecule has 0 amide bonds. The summed E-state index contributed by atoms with van der Waals surface area (Å²) < 4.78 is 66.8. The lowest BCUT2D eigenvalue weighted by Crippen LogP contribution is -2.48. The first-order valence-electron chi connectivity index (χ1n) is 14.7. The Labute approximate surface area is 267 Å². The number of hydrogen-bond donors (Lipinski definition) is 0. The van der Waals surface area contributed by atoms with Crippen LogP contribution in [0.4, 0.5) is 4.39 Å². The van der Waals surface area contributed by atoms with Crippen molar-refractivity contribution in [3.05, 3.63) is 46.3 Å². The van der Waals surface area contributed by atoms with Gasteiger partial charge in [-0.3, -0.25) is 4.57 Å². The Morgan fingerprint density at radius 1 is 1.13 bits per heavy atom. The van der Waals surface area contributed by atoms with Crippen LogP contribution in [0.2, 0.25) is 0 Å². The third kappa shape index (κ3) is 6.44. The van der Waals surface area contributed by atoms with Gasteiger partial charge in [-0.05, 0) is 70.4 Å². The first kappa shape index (κ1) is 33.6. The Kier molecular flexibility index (Phi) is 10.7. The number of fused-ring (bicyclic) bond motifs is 2. The van der Waals surface area contributed by atoms with Crippen molar-refractivity contribution >= 4 is 51.4 Å². The maximum atomic E-state index is 14.6. The number of rotatable bonds is 14. The van der Waals surface area contributed by atoms with Crippen molar-refractivity contribution in [3.8, 4) is 5.69 Å². The molecule has 2 aromatic heterocycles. The fourth-order valence-corrected chi connectivity index (χ4v) is 7.74. The van der Waals surface area contributed by atoms with E-state index < -0.39 is 31.3 Å². The normalized spacial score (nSPS) is 17.2. The van der Waals surface area contributed by atoms with Crippen molar-refractivity contribution in [1.82, 2.24) is 24.8 Å². The summed E-state index contributed by atoms with van der Waals surface area (Å²) in [7, 11) is -2.94. The number of halogens is 2. The summed E-state index contributed by atoms with van der Waals surface area (Å²) in [5.41, 5.74) is 2.35. The molecule has 13 nitrogen and oxygen atoms in total. The third-order valence-electron chi connectivity index (χ3n) is 7.33. The molecule has 3 heterocycles. The third-order valence-corrected chi connectivity index (χ3v) is 10.3. The number of benzene rings is 2. The second-order valence-electron chi connectivity index (χ2n) is 10.2. The lowest BCUT2D eigenvalue weighted by atomic mass is 10.1. The van der Waals surface area contributed by atoms with Gasteiger partial charge in [0, 0.05) is 23.6 Å². The molecule has 1 saturated heterocycles. The van der Waals surface area contributed by atoms with Crippen LogP contribution in [-0.2, 0) is 44.0 Å². The molecule has 2 atom stereocenters. The maximum absolute atomic E-state index is 14.6. The summed E-state index contributed by atoms with van der Waals surface area (Å²) in [5, 5.41) is 11.6. The number of nitrogens with zero attached hydrogens (tertiary/aromatic N) is 5. The molecule has 0 bridgehead atoms. The molecule has 16 heteroatoms. The molecule has 4 aromatic rings. The quantitative estimate of drug-likeness (QED) is 0.111. The van der Waals surface area contributed by atoms with E-state index >= 15 is 0 Å². The second kappa shape index (κ2) is 14.3. The van der Waals surface area contributed by atoms with Crippen molar-refractivity contribution in [1.29, 1.82) is 0 Å².